The van der Waals surface area contributed by atoms with Crippen molar-refractivity contribution in [2.75, 3.05) is 18.1 Å². The first-order valence-corrected chi connectivity index (χ1v) is 8.28. The van der Waals surface area contributed by atoms with Crippen molar-refractivity contribution >= 4 is 22.8 Å². The number of thioether (sulfide) groups is 1. The zero-order valence-corrected chi connectivity index (χ0v) is 12.0. The summed E-state index contributed by atoms with van der Waals surface area (Å²) in [7, 11) is 0. The minimum Gasteiger partial charge on any atom is -0.324 e. The quantitative estimate of drug-likeness (QED) is 0.912. The van der Waals surface area contributed by atoms with Crippen LogP contribution < -0.4 is 5.32 Å². The molecule has 0 bridgehead atoms. The van der Waals surface area contributed by atoms with E-state index in [1.807, 2.05) is 11.8 Å². The topological polar surface area (TPSA) is 29.9 Å². The highest BCUT2D eigenvalue weighted by molar-refractivity contribution is 7.99. The number of fused-ring (bicyclic) bond motifs is 1. The second-order valence-electron chi connectivity index (χ2n) is 5.64. The summed E-state index contributed by atoms with van der Waals surface area (Å²) in [5, 5.41) is 3.63. The maximum Gasteiger partial charge on any atom is 0.128 e. The van der Waals surface area contributed by atoms with Gasteiger partial charge in [-0.05, 0) is 37.5 Å². The standard InChI is InChI=1S/C15H19N3S/c1-10-2-5-14-12(8-10)17-15(18(14)11-3-4-11)13-9-19-7-6-16-13/h2,5,8,11,13,16H,3-4,6-7,9H2,1H3. The van der Waals surface area contributed by atoms with Gasteiger partial charge in [-0.15, -0.1) is 0 Å². The molecule has 19 heavy (non-hydrogen) atoms. The van der Waals surface area contributed by atoms with Crippen LogP contribution in [0.4, 0.5) is 0 Å². The number of nitrogens with zero attached hydrogens (tertiary/aromatic N) is 2. The van der Waals surface area contributed by atoms with Crippen molar-refractivity contribution in [3.8, 4) is 0 Å². The summed E-state index contributed by atoms with van der Waals surface area (Å²) in [6.45, 7) is 3.24. The molecule has 1 aromatic carbocycles. The molecule has 0 radical (unpaired) electrons. The predicted octanol–water partition coefficient (Wildman–Crippen LogP) is 3.06. The molecule has 1 saturated carbocycles. The van der Waals surface area contributed by atoms with Crippen LogP contribution in [0.1, 0.15) is 36.3 Å². The molecule has 1 atom stereocenters. The fraction of sp³-hybridized carbons (Fsp3) is 0.533. The Morgan fingerprint density at radius 3 is 3.00 bits per heavy atom. The predicted molar refractivity (Wildman–Crippen MR) is 80.8 cm³/mol. The van der Waals surface area contributed by atoms with E-state index in [0.29, 0.717) is 12.1 Å². The summed E-state index contributed by atoms with van der Waals surface area (Å²) in [5.41, 5.74) is 3.78. The van der Waals surface area contributed by atoms with Crippen molar-refractivity contribution < 1.29 is 0 Å². The van der Waals surface area contributed by atoms with Crippen LogP contribution in [0.2, 0.25) is 0 Å². The maximum atomic E-state index is 4.95. The number of nitrogens with one attached hydrogen (secondary N) is 1. The zero-order chi connectivity index (χ0) is 12.8. The maximum absolute atomic E-state index is 4.95. The summed E-state index contributed by atoms with van der Waals surface area (Å²) in [6, 6.07) is 7.78. The van der Waals surface area contributed by atoms with E-state index in [1.54, 1.807) is 0 Å². The van der Waals surface area contributed by atoms with E-state index >= 15 is 0 Å². The van der Waals surface area contributed by atoms with Gasteiger partial charge in [0.05, 0.1) is 17.1 Å². The summed E-state index contributed by atoms with van der Waals surface area (Å²) < 4.78 is 2.50. The van der Waals surface area contributed by atoms with E-state index in [-0.39, 0.29) is 0 Å². The molecule has 2 aromatic rings. The van der Waals surface area contributed by atoms with Gasteiger partial charge in [-0.2, -0.15) is 11.8 Å². The molecule has 0 amide bonds. The number of aryl methyl sites for hydroxylation is 1. The average molecular weight is 273 g/mol. The number of aromatic nitrogens is 2. The molecule has 3 nitrogen and oxygen atoms in total. The van der Waals surface area contributed by atoms with Gasteiger partial charge >= 0.3 is 0 Å². The van der Waals surface area contributed by atoms with E-state index in [4.69, 9.17) is 4.98 Å². The van der Waals surface area contributed by atoms with Crippen LogP contribution in [0.15, 0.2) is 18.2 Å². The molecule has 100 valence electrons. The Kier molecular flexibility index (Phi) is 2.81. The van der Waals surface area contributed by atoms with Crippen molar-refractivity contribution in [1.82, 2.24) is 14.9 Å². The van der Waals surface area contributed by atoms with Crippen molar-refractivity contribution in [3.05, 3.63) is 29.6 Å². The molecule has 4 rings (SSSR count). The monoisotopic (exact) mass is 273 g/mol. The van der Waals surface area contributed by atoms with Crippen LogP contribution in [-0.4, -0.2) is 27.6 Å². The van der Waals surface area contributed by atoms with Crippen LogP contribution in [0.25, 0.3) is 11.0 Å². The molecule has 1 unspecified atom stereocenters. The summed E-state index contributed by atoms with van der Waals surface area (Å²) in [4.78, 5) is 4.95. The first-order chi connectivity index (χ1) is 9.33. The van der Waals surface area contributed by atoms with Crippen LogP contribution in [0, 0.1) is 6.92 Å². The van der Waals surface area contributed by atoms with Gasteiger partial charge in [-0.3, -0.25) is 0 Å². The van der Waals surface area contributed by atoms with Gasteiger partial charge < -0.3 is 9.88 Å². The van der Waals surface area contributed by atoms with Crippen molar-refractivity contribution in [1.29, 1.82) is 0 Å². The summed E-state index contributed by atoms with van der Waals surface area (Å²) in [5.74, 6) is 3.63. The molecule has 4 heteroatoms. The number of benzene rings is 1. The molecule has 1 aliphatic carbocycles. The highest BCUT2D eigenvalue weighted by atomic mass is 32.2. The second kappa shape index (κ2) is 4.53. The SMILES string of the molecule is Cc1ccc2c(c1)nc(C1CSCCN1)n2C1CC1. The highest BCUT2D eigenvalue weighted by Crippen LogP contribution is 2.40. The molecule has 0 spiro atoms. The van der Waals surface area contributed by atoms with E-state index in [9.17, 15) is 0 Å². The van der Waals surface area contributed by atoms with Crippen molar-refractivity contribution in [2.24, 2.45) is 0 Å². The van der Waals surface area contributed by atoms with Crippen LogP contribution in [-0.2, 0) is 0 Å². The Bertz CT molecular complexity index is 609. The molecule has 2 fully saturated rings. The number of imidazole rings is 1. The zero-order valence-electron chi connectivity index (χ0n) is 11.2. The van der Waals surface area contributed by atoms with Gasteiger partial charge in [0.1, 0.15) is 5.82 Å². The van der Waals surface area contributed by atoms with E-state index < -0.39 is 0 Å². The van der Waals surface area contributed by atoms with Gasteiger partial charge in [-0.25, -0.2) is 4.98 Å². The van der Waals surface area contributed by atoms with Crippen molar-refractivity contribution in [3.63, 3.8) is 0 Å². The Morgan fingerprint density at radius 1 is 1.37 bits per heavy atom. The molecule has 1 N–H and O–H groups in total. The number of rotatable bonds is 2. The van der Waals surface area contributed by atoms with Gasteiger partial charge in [0.2, 0.25) is 0 Å². The lowest BCUT2D eigenvalue weighted by Crippen LogP contribution is -2.32. The van der Waals surface area contributed by atoms with Gasteiger partial charge in [0.25, 0.3) is 0 Å². The van der Waals surface area contributed by atoms with E-state index in [0.717, 1.165) is 12.3 Å². The third kappa shape index (κ3) is 2.07. The van der Waals surface area contributed by atoms with Gasteiger partial charge in [0, 0.05) is 24.1 Å². The van der Waals surface area contributed by atoms with Crippen LogP contribution in [0.3, 0.4) is 0 Å². The number of hydrogen-bond acceptors (Lipinski definition) is 3. The van der Waals surface area contributed by atoms with Gasteiger partial charge in [0.15, 0.2) is 0 Å². The first-order valence-electron chi connectivity index (χ1n) is 7.12. The number of hydrogen-bond donors (Lipinski definition) is 1. The smallest absolute Gasteiger partial charge is 0.128 e. The van der Waals surface area contributed by atoms with E-state index in [1.165, 1.54) is 41.0 Å². The molecule has 2 aliphatic rings. The second-order valence-corrected chi connectivity index (χ2v) is 6.79. The third-order valence-electron chi connectivity index (χ3n) is 4.02. The fourth-order valence-corrected chi connectivity index (χ4v) is 3.85. The lowest BCUT2D eigenvalue weighted by atomic mass is 10.2. The molecule has 1 aromatic heterocycles. The summed E-state index contributed by atoms with van der Waals surface area (Å²) in [6.07, 6.45) is 2.62. The molecule has 2 heterocycles. The van der Waals surface area contributed by atoms with E-state index in [2.05, 4.69) is 35.0 Å². The minimum atomic E-state index is 0.423. The Labute approximate surface area is 117 Å². The van der Waals surface area contributed by atoms with Gasteiger partial charge in [-0.1, -0.05) is 6.07 Å². The lowest BCUT2D eigenvalue weighted by Gasteiger charge is -2.23. The Balaban J connectivity index is 1.85. The average Bonchev–Trinajstić information content (AvgIpc) is 3.20. The van der Waals surface area contributed by atoms with Crippen LogP contribution in [0.5, 0.6) is 0 Å². The largest absolute Gasteiger partial charge is 0.324 e. The summed E-state index contributed by atoms with van der Waals surface area (Å²) >= 11 is 2.04. The highest BCUT2D eigenvalue weighted by Gasteiger charge is 2.31. The van der Waals surface area contributed by atoms with Crippen molar-refractivity contribution in [2.45, 2.75) is 31.8 Å². The third-order valence-corrected chi connectivity index (χ3v) is 5.08. The minimum absolute atomic E-state index is 0.423. The molecule has 1 saturated heterocycles. The molecule has 1 aliphatic heterocycles. The Morgan fingerprint density at radius 2 is 2.26 bits per heavy atom. The molecular weight excluding hydrogens is 254 g/mol. The Hall–Kier alpha value is -1.00. The normalized spacial score (nSPS) is 23.9. The van der Waals surface area contributed by atoms with Crippen LogP contribution >= 0.6 is 11.8 Å². The lowest BCUT2D eigenvalue weighted by molar-refractivity contribution is 0.532. The fourth-order valence-electron chi connectivity index (χ4n) is 2.92. The first kappa shape index (κ1) is 11.8. The molecular formula is C15H19N3S.